The van der Waals surface area contributed by atoms with Gasteiger partial charge in [0.05, 0.1) is 16.8 Å². The second-order valence-electron chi connectivity index (χ2n) is 3.71. The number of ether oxygens (including phenoxy) is 1. The molecule has 0 fully saturated rings. The molecule has 0 bridgehead atoms. The van der Waals surface area contributed by atoms with E-state index in [1.54, 1.807) is 13.0 Å². The third-order valence-corrected chi connectivity index (χ3v) is 3.18. The van der Waals surface area contributed by atoms with E-state index >= 15 is 0 Å². The van der Waals surface area contributed by atoms with Gasteiger partial charge in [0, 0.05) is 12.1 Å². The number of hydrogen-bond donors (Lipinski definition) is 2. The first-order valence-corrected chi connectivity index (χ1v) is 6.87. The van der Waals surface area contributed by atoms with Crippen molar-refractivity contribution in [3.63, 3.8) is 0 Å². The number of nitrogens with two attached hydrogens (primary N) is 1. The van der Waals surface area contributed by atoms with Gasteiger partial charge in [-0.2, -0.15) is 0 Å². The molecule has 0 saturated carbocycles. The third kappa shape index (κ3) is 7.27. The summed E-state index contributed by atoms with van der Waals surface area (Å²) in [5.41, 5.74) is 6.73. The topological polar surface area (TPSA) is 76.2 Å². The quantitative estimate of drug-likeness (QED) is 0.410. The molecule has 0 atom stereocenters. The molecule has 0 spiro atoms. The highest BCUT2D eigenvalue weighted by Gasteiger charge is 2.02. The molecule has 18 heavy (non-hydrogen) atoms. The Labute approximate surface area is 117 Å². The van der Waals surface area contributed by atoms with E-state index in [0.29, 0.717) is 35.3 Å². The molecule has 0 saturated heterocycles. The van der Waals surface area contributed by atoms with Gasteiger partial charge in [0.1, 0.15) is 0 Å². The maximum absolute atomic E-state index is 11.1. The van der Waals surface area contributed by atoms with E-state index in [1.807, 2.05) is 13.0 Å². The SMILES string of the molecule is CCOC(=O)CCC/C=C\C(=N)/C(Br)=C(\N)CC. The van der Waals surface area contributed by atoms with Crippen LogP contribution in [-0.2, 0) is 9.53 Å². The number of hydrogen-bond acceptors (Lipinski definition) is 4. The smallest absolute Gasteiger partial charge is 0.305 e. The Bertz CT molecular complexity index is 349. The van der Waals surface area contributed by atoms with Crippen molar-refractivity contribution >= 4 is 27.6 Å². The van der Waals surface area contributed by atoms with Crippen LogP contribution in [0.3, 0.4) is 0 Å². The Balaban J connectivity index is 3.97. The van der Waals surface area contributed by atoms with Crippen molar-refractivity contribution in [2.24, 2.45) is 5.73 Å². The Morgan fingerprint density at radius 2 is 2.11 bits per heavy atom. The molecule has 3 N–H and O–H groups in total. The van der Waals surface area contributed by atoms with Crippen LogP contribution >= 0.6 is 15.9 Å². The summed E-state index contributed by atoms with van der Waals surface area (Å²) in [4.78, 5) is 11.1. The monoisotopic (exact) mass is 316 g/mol. The fourth-order valence-electron chi connectivity index (χ4n) is 1.20. The molecule has 0 radical (unpaired) electrons. The normalized spacial score (nSPS) is 12.4. The molecule has 0 heterocycles. The lowest BCUT2D eigenvalue weighted by atomic mass is 10.2. The van der Waals surface area contributed by atoms with Gasteiger partial charge in [-0.25, -0.2) is 0 Å². The van der Waals surface area contributed by atoms with Gasteiger partial charge in [0.25, 0.3) is 0 Å². The summed E-state index contributed by atoms with van der Waals surface area (Å²) in [6, 6.07) is 0. The van der Waals surface area contributed by atoms with Gasteiger partial charge >= 0.3 is 5.97 Å². The average Bonchev–Trinajstić information content (AvgIpc) is 2.36. The Morgan fingerprint density at radius 1 is 1.44 bits per heavy atom. The summed E-state index contributed by atoms with van der Waals surface area (Å²) in [6.45, 7) is 4.15. The van der Waals surface area contributed by atoms with Crippen molar-refractivity contribution < 1.29 is 9.53 Å². The van der Waals surface area contributed by atoms with Crippen LogP contribution in [0.5, 0.6) is 0 Å². The summed E-state index contributed by atoms with van der Waals surface area (Å²) in [6.07, 6.45) is 6.16. The lowest BCUT2D eigenvalue weighted by molar-refractivity contribution is -0.143. The molecule has 0 aromatic rings. The second kappa shape index (κ2) is 9.88. The molecule has 0 aromatic carbocycles. The predicted molar refractivity (Wildman–Crippen MR) is 77.8 cm³/mol. The first kappa shape index (κ1) is 16.9. The van der Waals surface area contributed by atoms with Gasteiger partial charge in [0.15, 0.2) is 0 Å². The number of halogens is 1. The van der Waals surface area contributed by atoms with E-state index in [-0.39, 0.29) is 5.97 Å². The average molecular weight is 317 g/mol. The minimum atomic E-state index is -0.169. The van der Waals surface area contributed by atoms with E-state index in [1.165, 1.54) is 0 Å². The number of rotatable bonds is 8. The van der Waals surface area contributed by atoms with E-state index in [0.717, 1.165) is 12.8 Å². The molecule has 0 amide bonds. The van der Waals surface area contributed by atoms with Gasteiger partial charge in [0.2, 0.25) is 0 Å². The Morgan fingerprint density at radius 3 is 2.67 bits per heavy atom. The van der Waals surface area contributed by atoms with Crippen molar-refractivity contribution in [2.45, 2.75) is 39.5 Å². The molecule has 0 aliphatic heterocycles. The second-order valence-corrected chi connectivity index (χ2v) is 4.50. The van der Waals surface area contributed by atoms with Crippen LogP contribution in [0.25, 0.3) is 0 Å². The van der Waals surface area contributed by atoms with Crippen molar-refractivity contribution in [1.29, 1.82) is 5.41 Å². The minimum absolute atomic E-state index is 0.169. The maximum atomic E-state index is 11.1. The van der Waals surface area contributed by atoms with Crippen molar-refractivity contribution in [2.75, 3.05) is 6.61 Å². The zero-order chi connectivity index (χ0) is 14.0. The van der Waals surface area contributed by atoms with Crippen LogP contribution < -0.4 is 5.73 Å². The first-order chi connectivity index (χ1) is 8.52. The zero-order valence-corrected chi connectivity index (χ0v) is 12.5. The van der Waals surface area contributed by atoms with Crippen molar-refractivity contribution in [3.05, 3.63) is 22.3 Å². The number of carbonyl (C=O) groups is 1. The van der Waals surface area contributed by atoms with E-state index in [2.05, 4.69) is 15.9 Å². The van der Waals surface area contributed by atoms with Crippen LogP contribution in [0.1, 0.15) is 39.5 Å². The lowest BCUT2D eigenvalue weighted by Gasteiger charge is -2.02. The number of carbonyl (C=O) groups excluding carboxylic acids is 1. The predicted octanol–water partition coefficient (Wildman–Crippen LogP) is 3.27. The number of allylic oxidation sites excluding steroid dienone is 4. The Kier molecular flexibility index (Phi) is 9.28. The number of nitrogens with one attached hydrogen (secondary N) is 1. The molecule has 0 aliphatic rings. The maximum Gasteiger partial charge on any atom is 0.305 e. The summed E-state index contributed by atoms with van der Waals surface area (Å²) in [5, 5.41) is 7.75. The van der Waals surface area contributed by atoms with Gasteiger partial charge in [-0.1, -0.05) is 13.0 Å². The molecule has 102 valence electrons. The minimum Gasteiger partial charge on any atom is -0.466 e. The lowest BCUT2D eigenvalue weighted by Crippen LogP contribution is -2.04. The molecule has 0 rings (SSSR count). The molecule has 0 unspecified atom stereocenters. The molecular formula is C13H21BrN2O2. The zero-order valence-electron chi connectivity index (χ0n) is 11.0. The molecule has 0 aliphatic carbocycles. The van der Waals surface area contributed by atoms with Crippen LogP contribution in [0.2, 0.25) is 0 Å². The molecule has 5 heteroatoms. The van der Waals surface area contributed by atoms with Gasteiger partial charge in [-0.3, -0.25) is 10.2 Å². The number of esters is 1. The van der Waals surface area contributed by atoms with E-state index in [4.69, 9.17) is 15.9 Å². The van der Waals surface area contributed by atoms with Gasteiger partial charge < -0.3 is 10.5 Å². The molecular weight excluding hydrogens is 296 g/mol. The highest BCUT2D eigenvalue weighted by atomic mass is 79.9. The van der Waals surface area contributed by atoms with Gasteiger partial charge in [-0.05, 0) is 48.2 Å². The molecule has 0 aromatic heterocycles. The standard InChI is InChI=1S/C13H21BrN2O2/c1-3-10(15)13(14)11(16)8-6-5-7-9-12(17)18-4-2/h6,8,16H,3-5,7,9,15H2,1-2H3/b8-6-,13-10+,16-11?. The van der Waals surface area contributed by atoms with Crippen LogP contribution in [0.4, 0.5) is 0 Å². The largest absolute Gasteiger partial charge is 0.466 e. The van der Waals surface area contributed by atoms with Crippen LogP contribution in [0, 0.1) is 5.41 Å². The first-order valence-electron chi connectivity index (χ1n) is 6.08. The summed E-state index contributed by atoms with van der Waals surface area (Å²) in [5.74, 6) is -0.169. The summed E-state index contributed by atoms with van der Waals surface area (Å²) >= 11 is 3.29. The van der Waals surface area contributed by atoms with Crippen molar-refractivity contribution in [3.8, 4) is 0 Å². The summed E-state index contributed by atoms with van der Waals surface area (Å²) in [7, 11) is 0. The van der Waals surface area contributed by atoms with Crippen LogP contribution in [-0.4, -0.2) is 18.3 Å². The van der Waals surface area contributed by atoms with Crippen LogP contribution in [0.15, 0.2) is 22.3 Å². The Hall–Kier alpha value is -1.10. The van der Waals surface area contributed by atoms with Crippen molar-refractivity contribution in [1.82, 2.24) is 0 Å². The third-order valence-electron chi connectivity index (χ3n) is 2.24. The molecule has 4 nitrogen and oxygen atoms in total. The number of unbranched alkanes of at least 4 members (excludes halogenated alkanes) is 1. The fourth-order valence-corrected chi connectivity index (χ4v) is 1.61. The van der Waals surface area contributed by atoms with E-state index < -0.39 is 0 Å². The fraction of sp³-hybridized carbons (Fsp3) is 0.538. The highest BCUT2D eigenvalue weighted by Crippen LogP contribution is 2.13. The van der Waals surface area contributed by atoms with E-state index in [9.17, 15) is 4.79 Å². The van der Waals surface area contributed by atoms with Gasteiger partial charge in [-0.15, -0.1) is 0 Å². The highest BCUT2D eigenvalue weighted by molar-refractivity contribution is 9.12. The summed E-state index contributed by atoms with van der Waals surface area (Å²) < 4.78 is 5.45.